The van der Waals surface area contributed by atoms with Gasteiger partial charge in [0.1, 0.15) is 18.0 Å². The van der Waals surface area contributed by atoms with Gasteiger partial charge in [-0.1, -0.05) is 37.3 Å². The highest BCUT2D eigenvalue weighted by molar-refractivity contribution is 6.76. The number of hydrogen-bond donors (Lipinski definition) is 2. The minimum atomic E-state index is -2.18. The Kier molecular flexibility index (Phi) is 9.08. The van der Waals surface area contributed by atoms with Gasteiger partial charge >= 0.3 is 12.0 Å². The number of esters is 1. The standard InChI is InChI=1S/C27H31ClF2N4O7Si/c1-38-18-7-6-15-12-34(24(35)21(15)22(18)30)13-27(25(36)39-2,33-26(37)31-14-40-8-9-42(3,4)5)20-11-17-19(41-20)10-16(29)23(28)32-17/h6-7,10-11H,8-9,12-14H2,1-5H3,(H2,31,33,37). The molecule has 0 saturated carbocycles. The van der Waals surface area contributed by atoms with E-state index in [1.165, 1.54) is 25.3 Å². The maximum absolute atomic E-state index is 15.0. The zero-order valence-corrected chi connectivity index (χ0v) is 25.5. The lowest BCUT2D eigenvalue weighted by Gasteiger charge is -2.33. The van der Waals surface area contributed by atoms with Crippen LogP contribution >= 0.6 is 11.6 Å². The van der Waals surface area contributed by atoms with Crippen molar-refractivity contribution in [3.63, 3.8) is 0 Å². The van der Waals surface area contributed by atoms with Crippen LogP contribution in [0.15, 0.2) is 28.7 Å². The van der Waals surface area contributed by atoms with Gasteiger partial charge in [-0.15, -0.1) is 0 Å². The van der Waals surface area contributed by atoms with E-state index >= 15 is 4.39 Å². The molecule has 4 rings (SSSR count). The molecule has 15 heteroatoms. The van der Waals surface area contributed by atoms with Crippen LogP contribution in [0, 0.1) is 11.6 Å². The third-order valence-corrected chi connectivity index (χ3v) is 8.70. The quantitative estimate of drug-likeness (QED) is 0.105. The Morgan fingerprint density at radius 2 is 1.95 bits per heavy atom. The second-order valence-corrected chi connectivity index (χ2v) is 16.9. The summed E-state index contributed by atoms with van der Waals surface area (Å²) in [7, 11) is 0.985. The SMILES string of the molecule is COC(=O)C(CN1Cc2ccc(OC)c(F)c2C1=O)(NC(=O)NCOCC[Si](C)(C)C)c1cc2nc(Cl)c(F)cc2o1. The molecule has 1 atom stereocenters. The number of aromatic nitrogens is 1. The molecule has 0 bridgehead atoms. The molecule has 1 aliphatic rings. The molecule has 3 aromatic rings. The van der Waals surface area contributed by atoms with Gasteiger partial charge in [-0.25, -0.2) is 23.4 Å². The first-order chi connectivity index (χ1) is 19.8. The molecular weight excluding hydrogens is 594 g/mol. The van der Waals surface area contributed by atoms with E-state index in [1.807, 2.05) is 0 Å². The molecule has 2 aromatic heterocycles. The summed E-state index contributed by atoms with van der Waals surface area (Å²) in [6.07, 6.45) is 0. The lowest BCUT2D eigenvalue weighted by molar-refractivity contribution is -0.150. The highest BCUT2D eigenvalue weighted by atomic mass is 35.5. The molecule has 1 aromatic carbocycles. The Morgan fingerprint density at radius 1 is 1.21 bits per heavy atom. The fourth-order valence-corrected chi connectivity index (χ4v) is 5.37. The van der Waals surface area contributed by atoms with E-state index in [9.17, 15) is 18.8 Å². The van der Waals surface area contributed by atoms with E-state index < -0.39 is 54.9 Å². The van der Waals surface area contributed by atoms with Crippen LogP contribution in [-0.4, -0.2) is 70.0 Å². The summed E-state index contributed by atoms with van der Waals surface area (Å²) in [6, 6.07) is 5.18. The summed E-state index contributed by atoms with van der Waals surface area (Å²) < 4.78 is 50.6. The van der Waals surface area contributed by atoms with Gasteiger partial charge in [0.15, 0.2) is 28.1 Å². The van der Waals surface area contributed by atoms with E-state index in [0.717, 1.165) is 24.1 Å². The first kappa shape index (κ1) is 31.2. The number of carbonyl (C=O) groups is 3. The molecule has 1 unspecified atom stereocenters. The fourth-order valence-electron chi connectivity index (χ4n) is 4.47. The predicted octanol–water partition coefficient (Wildman–Crippen LogP) is 4.40. The number of nitrogens with zero attached hydrogens (tertiary/aromatic N) is 2. The minimum Gasteiger partial charge on any atom is -0.494 e. The number of hydrogen-bond acceptors (Lipinski definition) is 8. The number of benzene rings is 1. The maximum atomic E-state index is 15.0. The number of ether oxygens (including phenoxy) is 3. The van der Waals surface area contributed by atoms with Crippen molar-refractivity contribution in [1.29, 1.82) is 0 Å². The summed E-state index contributed by atoms with van der Waals surface area (Å²) in [5.41, 5.74) is -2.07. The van der Waals surface area contributed by atoms with Crippen LogP contribution in [0.2, 0.25) is 30.8 Å². The number of amides is 3. The van der Waals surface area contributed by atoms with Crippen molar-refractivity contribution in [3.05, 3.63) is 57.9 Å². The number of fused-ring (bicyclic) bond motifs is 2. The van der Waals surface area contributed by atoms with Crippen molar-refractivity contribution in [2.45, 2.75) is 37.8 Å². The number of nitrogens with one attached hydrogen (secondary N) is 2. The molecule has 0 radical (unpaired) electrons. The molecule has 42 heavy (non-hydrogen) atoms. The smallest absolute Gasteiger partial charge is 0.341 e. The van der Waals surface area contributed by atoms with E-state index in [0.29, 0.717) is 12.2 Å². The Balaban J connectivity index is 1.70. The van der Waals surface area contributed by atoms with Crippen LogP contribution in [0.1, 0.15) is 21.7 Å². The topological polar surface area (TPSA) is 132 Å². The summed E-state index contributed by atoms with van der Waals surface area (Å²) in [5, 5.41) is 4.63. The summed E-state index contributed by atoms with van der Waals surface area (Å²) in [6.45, 7) is 6.15. The Morgan fingerprint density at radius 3 is 2.62 bits per heavy atom. The monoisotopic (exact) mass is 624 g/mol. The molecule has 11 nitrogen and oxygen atoms in total. The zero-order valence-electron chi connectivity index (χ0n) is 23.7. The van der Waals surface area contributed by atoms with Gasteiger partial charge in [0.05, 0.1) is 26.3 Å². The van der Waals surface area contributed by atoms with E-state index in [2.05, 4.69) is 35.3 Å². The van der Waals surface area contributed by atoms with Crippen LogP contribution in [0.3, 0.4) is 0 Å². The van der Waals surface area contributed by atoms with Crippen molar-refractivity contribution in [2.24, 2.45) is 0 Å². The molecule has 3 heterocycles. The number of pyridine rings is 1. The largest absolute Gasteiger partial charge is 0.494 e. The van der Waals surface area contributed by atoms with Gasteiger partial charge in [0.2, 0.25) is 5.54 Å². The van der Waals surface area contributed by atoms with Gasteiger partial charge in [0, 0.05) is 33.4 Å². The first-order valence-corrected chi connectivity index (χ1v) is 17.0. The third-order valence-electron chi connectivity index (χ3n) is 6.73. The third kappa shape index (κ3) is 6.34. The highest BCUT2D eigenvalue weighted by Gasteiger charge is 2.50. The molecule has 0 spiro atoms. The Hall–Kier alpha value is -3.75. The lowest BCUT2D eigenvalue weighted by Crippen LogP contribution is -2.60. The average molecular weight is 625 g/mol. The summed E-state index contributed by atoms with van der Waals surface area (Å²) >= 11 is 5.83. The number of furan rings is 1. The average Bonchev–Trinajstić information content (AvgIpc) is 3.48. The molecule has 3 amide bonds. The Labute approximate surface area is 246 Å². The van der Waals surface area contributed by atoms with E-state index in [-0.39, 0.29) is 41.4 Å². The number of methoxy groups -OCH3 is 2. The second-order valence-electron chi connectivity index (χ2n) is 10.9. The molecule has 2 N–H and O–H groups in total. The van der Waals surface area contributed by atoms with Crippen LogP contribution in [0.4, 0.5) is 13.6 Å². The fraction of sp³-hybridized carbons (Fsp3) is 0.407. The summed E-state index contributed by atoms with van der Waals surface area (Å²) in [4.78, 5) is 45.1. The van der Waals surface area contributed by atoms with Crippen molar-refractivity contribution in [2.75, 3.05) is 34.1 Å². The molecule has 0 fully saturated rings. The van der Waals surface area contributed by atoms with Crippen molar-refractivity contribution >= 4 is 48.7 Å². The highest BCUT2D eigenvalue weighted by Crippen LogP contribution is 2.36. The van der Waals surface area contributed by atoms with Gasteiger partial charge in [0.25, 0.3) is 5.91 Å². The number of carbonyl (C=O) groups excluding carboxylic acids is 3. The Bertz CT molecular complexity index is 1490. The van der Waals surface area contributed by atoms with Crippen molar-refractivity contribution in [3.8, 4) is 5.75 Å². The van der Waals surface area contributed by atoms with Crippen molar-refractivity contribution in [1.82, 2.24) is 20.5 Å². The molecule has 1 aliphatic heterocycles. The van der Waals surface area contributed by atoms with Gasteiger partial charge in [-0.3, -0.25) is 4.79 Å². The van der Waals surface area contributed by atoms with Gasteiger partial charge in [-0.05, 0) is 17.7 Å². The number of urea groups is 1. The lowest BCUT2D eigenvalue weighted by atomic mass is 9.95. The predicted molar refractivity (Wildman–Crippen MR) is 151 cm³/mol. The molecular formula is C27H31ClF2N4O7Si. The molecule has 226 valence electrons. The van der Waals surface area contributed by atoms with Crippen LogP contribution in [0.25, 0.3) is 11.1 Å². The van der Waals surface area contributed by atoms with Crippen molar-refractivity contribution < 1.29 is 41.8 Å². The number of rotatable bonds is 11. The number of halogens is 3. The first-order valence-electron chi connectivity index (χ1n) is 12.9. The normalized spacial score (nSPS) is 14.5. The van der Waals surface area contributed by atoms with Gasteiger partial charge < -0.3 is 34.2 Å². The van der Waals surface area contributed by atoms with Gasteiger partial charge in [-0.2, -0.15) is 0 Å². The maximum Gasteiger partial charge on any atom is 0.341 e. The van der Waals surface area contributed by atoms with E-state index in [1.54, 1.807) is 0 Å². The minimum absolute atomic E-state index is 0.0772. The second kappa shape index (κ2) is 12.2. The molecule has 0 aliphatic carbocycles. The van der Waals surface area contributed by atoms with Crippen LogP contribution in [0.5, 0.6) is 5.75 Å². The zero-order chi connectivity index (χ0) is 30.8. The van der Waals surface area contributed by atoms with Crippen LogP contribution in [-0.2, 0) is 26.4 Å². The van der Waals surface area contributed by atoms with Crippen LogP contribution < -0.4 is 15.4 Å². The summed E-state index contributed by atoms with van der Waals surface area (Å²) in [5.74, 6) is -3.86. The molecule has 0 saturated heterocycles. The van der Waals surface area contributed by atoms with E-state index in [4.69, 9.17) is 30.2 Å².